The molecule has 0 radical (unpaired) electrons. The second kappa shape index (κ2) is 5.09. The molecule has 0 aliphatic carbocycles. The van der Waals surface area contributed by atoms with Gasteiger partial charge in [0.1, 0.15) is 0 Å². The average Bonchev–Trinajstić information content (AvgIpc) is 2.87. The molecule has 0 bridgehead atoms. The highest BCUT2D eigenvalue weighted by Crippen LogP contribution is 2.27. The molecule has 0 atom stereocenters. The molecule has 1 saturated heterocycles. The molecule has 0 unspecified atom stereocenters. The van der Waals surface area contributed by atoms with Gasteiger partial charge in [0.25, 0.3) is 0 Å². The van der Waals surface area contributed by atoms with Crippen LogP contribution in [0.5, 0.6) is 0 Å². The molecular formula is C17H25NO. The van der Waals surface area contributed by atoms with E-state index < -0.39 is 0 Å². The van der Waals surface area contributed by atoms with E-state index in [2.05, 4.69) is 44.7 Å². The summed E-state index contributed by atoms with van der Waals surface area (Å²) < 4.78 is 0. The Morgan fingerprint density at radius 1 is 1.00 bits per heavy atom. The number of ketones is 1. The number of aryl methyl sites for hydroxylation is 3. The third-order valence-corrected chi connectivity index (χ3v) is 4.54. The third kappa shape index (κ3) is 2.59. The van der Waals surface area contributed by atoms with Gasteiger partial charge in [0.05, 0.1) is 5.54 Å². The number of benzene rings is 1. The summed E-state index contributed by atoms with van der Waals surface area (Å²) >= 11 is 0. The van der Waals surface area contributed by atoms with E-state index in [1.165, 1.54) is 24.0 Å². The van der Waals surface area contributed by atoms with Gasteiger partial charge in [0.15, 0.2) is 5.78 Å². The molecule has 19 heavy (non-hydrogen) atoms. The molecule has 1 aromatic rings. The minimum atomic E-state index is -0.386. The smallest absolute Gasteiger partial charge is 0.182 e. The minimum Gasteiger partial charge on any atom is -0.292 e. The summed E-state index contributed by atoms with van der Waals surface area (Å²) in [7, 11) is 0. The van der Waals surface area contributed by atoms with Gasteiger partial charge >= 0.3 is 0 Å². The van der Waals surface area contributed by atoms with E-state index in [-0.39, 0.29) is 11.3 Å². The van der Waals surface area contributed by atoms with Gasteiger partial charge in [0, 0.05) is 5.56 Å². The first-order chi connectivity index (χ1) is 8.84. The van der Waals surface area contributed by atoms with E-state index in [1.807, 2.05) is 6.92 Å². The first-order valence-electron chi connectivity index (χ1n) is 7.21. The molecule has 1 aromatic carbocycles. The summed E-state index contributed by atoms with van der Waals surface area (Å²) in [6, 6.07) is 4.19. The largest absolute Gasteiger partial charge is 0.292 e. The number of nitrogens with zero attached hydrogens (tertiary/aromatic N) is 1. The molecule has 0 amide bonds. The highest BCUT2D eigenvalue weighted by molar-refractivity contribution is 6.04. The minimum absolute atomic E-state index is 0.259. The molecule has 0 saturated carbocycles. The fraction of sp³-hybridized carbons (Fsp3) is 0.588. The topological polar surface area (TPSA) is 20.3 Å². The van der Waals surface area contributed by atoms with E-state index >= 15 is 0 Å². The first kappa shape index (κ1) is 14.3. The number of carbonyl (C=O) groups excluding carboxylic acids is 1. The lowest BCUT2D eigenvalue weighted by molar-refractivity contribution is 0.0702. The Labute approximate surface area is 116 Å². The predicted octanol–water partition coefficient (Wildman–Crippen LogP) is 3.67. The summed E-state index contributed by atoms with van der Waals surface area (Å²) in [6.07, 6.45) is 2.42. The van der Waals surface area contributed by atoms with Crippen LogP contribution in [-0.2, 0) is 0 Å². The number of rotatable bonds is 3. The molecule has 0 N–H and O–H groups in total. The van der Waals surface area contributed by atoms with Crippen molar-refractivity contribution in [2.45, 2.75) is 53.0 Å². The molecule has 1 heterocycles. The maximum Gasteiger partial charge on any atom is 0.182 e. The van der Waals surface area contributed by atoms with Gasteiger partial charge in [-0.2, -0.15) is 0 Å². The van der Waals surface area contributed by atoms with E-state index in [0.717, 1.165) is 24.2 Å². The SMILES string of the molecule is Cc1cc(C)c(C(=O)C(C)(C)N2CCCC2)cc1C. The summed E-state index contributed by atoms with van der Waals surface area (Å²) in [6.45, 7) is 12.4. The molecule has 0 aromatic heterocycles. The van der Waals surface area contributed by atoms with Gasteiger partial charge in [0.2, 0.25) is 0 Å². The molecule has 1 aliphatic heterocycles. The first-order valence-corrected chi connectivity index (χ1v) is 7.21. The second-order valence-corrected chi connectivity index (χ2v) is 6.33. The molecule has 2 nitrogen and oxygen atoms in total. The quantitative estimate of drug-likeness (QED) is 0.772. The van der Waals surface area contributed by atoms with Crippen molar-refractivity contribution in [3.8, 4) is 0 Å². The van der Waals surface area contributed by atoms with Crippen molar-refractivity contribution in [3.05, 3.63) is 34.4 Å². The van der Waals surface area contributed by atoms with Crippen LogP contribution in [0.4, 0.5) is 0 Å². The molecular weight excluding hydrogens is 234 g/mol. The number of carbonyl (C=O) groups is 1. The van der Waals surface area contributed by atoms with E-state index in [9.17, 15) is 4.79 Å². The molecule has 104 valence electrons. The second-order valence-electron chi connectivity index (χ2n) is 6.33. The molecule has 2 heteroatoms. The average molecular weight is 259 g/mol. The zero-order valence-electron chi connectivity index (χ0n) is 12.8. The highest BCUT2D eigenvalue weighted by Gasteiger charge is 2.37. The number of Topliss-reactive ketones (excluding diaryl/α,β-unsaturated/α-hetero) is 1. The highest BCUT2D eigenvalue weighted by atomic mass is 16.1. The fourth-order valence-electron chi connectivity index (χ4n) is 2.95. The van der Waals surface area contributed by atoms with Crippen LogP contribution in [0, 0.1) is 20.8 Å². The van der Waals surface area contributed by atoms with E-state index in [4.69, 9.17) is 0 Å². The zero-order valence-corrected chi connectivity index (χ0v) is 12.8. The summed E-state index contributed by atoms with van der Waals surface area (Å²) in [5.74, 6) is 0.259. The van der Waals surface area contributed by atoms with Gasteiger partial charge < -0.3 is 0 Å². The van der Waals surface area contributed by atoms with Gasteiger partial charge in [-0.1, -0.05) is 6.07 Å². The summed E-state index contributed by atoms with van der Waals surface area (Å²) in [4.78, 5) is 15.2. The van der Waals surface area contributed by atoms with Crippen molar-refractivity contribution in [3.63, 3.8) is 0 Å². The normalized spacial score (nSPS) is 16.9. The lowest BCUT2D eigenvalue weighted by atomic mass is 9.87. The lowest BCUT2D eigenvalue weighted by Gasteiger charge is -2.34. The van der Waals surface area contributed by atoms with Crippen LogP contribution in [0.25, 0.3) is 0 Å². The number of hydrogen-bond donors (Lipinski definition) is 0. The monoisotopic (exact) mass is 259 g/mol. The number of likely N-dealkylation sites (tertiary alicyclic amines) is 1. The van der Waals surface area contributed by atoms with Crippen molar-refractivity contribution in [1.82, 2.24) is 4.90 Å². The molecule has 1 fully saturated rings. The Morgan fingerprint density at radius 3 is 2.11 bits per heavy atom. The van der Waals surface area contributed by atoms with Crippen LogP contribution in [-0.4, -0.2) is 29.3 Å². The lowest BCUT2D eigenvalue weighted by Crippen LogP contribution is -2.48. The van der Waals surface area contributed by atoms with Crippen LogP contribution in [0.15, 0.2) is 12.1 Å². The van der Waals surface area contributed by atoms with Crippen molar-refractivity contribution in [1.29, 1.82) is 0 Å². The summed E-state index contributed by atoms with van der Waals surface area (Å²) in [5, 5.41) is 0. The maximum atomic E-state index is 12.9. The third-order valence-electron chi connectivity index (χ3n) is 4.54. The standard InChI is InChI=1S/C17H25NO/c1-12-10-14(3)15(11-13(12)2)16(19)17(4,5)18-8-6-7-9-18/h10-11H,6-9H2,1-5H3. The Kier molecular flexibility index (Phi) is 3.82. The van der Waals surface area contributed by atoms with Gasteiger partial charge in [-0.3, -0.25) is 9.69 Å². The van der Waals surface area contributed by atoms with E-state index in [1.54, 1.807) is 0 Å². The number of hydrogen-bond acceptors (Lipinski definition) is 2. The van der Waals surface area contributed by atoms with Crippen LogP contribution >= 0.6 is 0 Å². The van der Waals surface area contributed by atoms with Crippen LogP contribution < -0.4 is 0 Å². The maximum absolute atomic E-state index is 12.9. The fourth-order valence-corrected chi connectivity index (χ4v) is 2.95. The van der Waals surface area contributed by atoms with Crippen LogP contribution in [0.2, 0.25) is 0 Å². The Bertz CT molecular complexity index is 496. The Hall–Kier alpha value is -1.15. The Balaban J connectivity index is 2.35. The van der Waals surface area contributed by atoms with Gasteiger partial charge in [-0.05, 0) is 83.3 Å². The van der Waals surface area contributed by atoms with E-state index in [0.29, 0.717) is 0 Å². The van der Waals surface area contributed by atoms with Crippen LogP contribution in [0.3, 0.4) is 0 Å². The summed E-state index contributed by atoms with van der Waals surface area (Å²) in [5.41, 5.74) is 4.06. The van der Waals surface area contributed by atoms with Crippen molar-refractivity contribution in [2.24, 2.45) is 0 Å². The van der Waals surface area contributed by atoms with Gasteiger partial charge in [-0.15, -0.1) is 0 Å². The van der Waals surface area contributed by atoms with Gasteiger partial charge in [-0.25, -0.2) is 0 Å². The predicted molar refractivity (Wildman–Crippen MR) is 79.9 cm³/mol. The van der Waals surface area contributed by atoms with Crippen molar-refractivity contribution in [2.75, 3.05) is 13.1 Å². The molecule has 0 spiro atoms. The van der Waals surface area contributed by atoms with Crippen LogP contribution in [0.1, 0.15) is 53.7 Å². The zero-order chi connectivity index (χ0) is 14.2. The Morgan fingerprint density at radius 2 is 1.53 bits per heavy atom. The molecule has 2 rings (SSSR count). The molecule has 1 aliphatic rings. The van der Waals surface area contributed by atoms with Crippen molar-refractivity contribution >= 4 is 5.78 Å². The van der Waals surface area contributed by atoms with Crippen molar-refractivity contribution < 1.29 is 4.79 Å².